The minimum atomic E-state index is -0.0670. The summed E-state index contributed by atoms with van der Waals surface area (Å²) < 4.78 is 0. The van der Waals surface area contributed by atoms with E-state index in [0.717, 1.165) is 0 Å². The maximum atomic E-state index is 5.25. The van der Waals surface area contributed by atoms with Gasteiger partial charge >= 0.3 is 0 Å². The second-order valence-electron chi connectivity index (χ2n) is 5.22. The van der Waals surface area contributed by atoms with E-state index in [2.05, 4.69) is 64.9 Å². The van der Waals surface area contributed by atoms with Gasteiger partial charge in [0, 0.05) is 11.6 Å². The van der Waals surface area contributed by atoms with E-state index in [1.54, 1.807) is 0 Å². The fraction of sp³-hybridized carbons (Fsp3) is 0.643. The predicted molar refractivity (Wildman–Crippen MR) is 73.4 cm³/mol. The molecule has 0 aromatic carbocycles. The Bertz CT molecular complexity index is 285. The van der Waals surface area contributed by atoms with E-state index >= 15 is 0 Å². The number of rotatable bonds is 5. The molecular weight excluding hydrogens is 196 g/mol. The molecule has 0 radical (unpaired) electrons. The summed E-state index contributed by atoms with van der Waals surface area (Å²) in [6, 6.07) is 0. The zero-order chi connectivity index (χ0) is 12.8. The Labute approximate surface area is 100 Å². The van der Waals surface area contributed by atoms with E-state index in [1.807, 2.05) is 6.21 Å². The van der Waals surface area contributed by atoms with Crippen molar-refractivity contribution < 1.29 is 0 Å². The van der Waals surface area contributed by atoms with Crippen molar-refractivity contribution in [3.05, 3.63) is 23.8 Å². The Balaban J connectivity index is 4.78. The van der Waals surface area contributed by atoms with Crippen LogP contribution in [0.2, 0.25) is 0 Å². The molecule has 0 saturated heterocycles. The average Bonchev–Trinajstić information content (AvgIpc) is 2.17. The normalized spacial score (nSPS) is 17.9. The Morgan fingerprint density at radius 1 is 1.25 bits per heavy atom. The molecule has 1 atom stereocenters. The molecule has 0 rings (SSSR count). The quantitative estimate of drug-likeness (QED) is 0.327. The first kappa shape index (κ1) is 14.9. The molecule has 1 unspecified atom stereocenters. The zero-order valence-electron chi connectivity index (χ0n) is 11.5. The molecular formula is C14H26N2. The van der Waals surface area contributed by atoms with Crippen LogP contribution in [0.5, 0.6) is 0 Å². The van der Waals surface area contributed by atoms with E-state index in [9.17, 15) is 0 Å². The fourth-order valence-corrected chi connectivity index (χ4v) is 1.14. The molecule has 0 aliphatic rings. The molecule has 2 nitrogen and oxygen atoms in total. The molecule has 0 aromatic heterocycles. The summed E-state index contributed by atoms with van der Waals surface area (Å²) in [5.41, 5.74) is 1.31. The lowest BCUT2D eigenvalue weighted by atomic mass is 9.80. The van der Waals surface area contributed by atoms with E-state index in [0.29, 0.717) is 11.8 Å². The first-order valence-electron chi connectivity index (χ1n) is 5.94. The highest BCUT2D eigenvalue weighted by molar-refractivity contribution is 5.68. The number of hydrazone groups is 1. The van der Waals surface area contributed by atoms with Crippen LogP contribution >= 0.6 is 0 Å². The summed E-state index contributed by atoms with van der Waals surface area (Å²) in [5.74, 6) is 6.32. The second kappa shape index (κ2) is 6.51. The SMILES string of the molecule is C/C(=C\C=C/C(C)(/C=N\N)C(C)C)C(C)C. The molecule has 2 heteroatoms. The lowest BCUT2D eigenvalue weighted by Crippen LogP contribution is -2.23. The van der Waals surface area contributed by atoms with Crippen molar-refractivity contribution in [3.63, 3.8) is 0 Å². The smallest absolute Gasteiger partial charge is 0.0339 e. The van der Waals surface area contributed by atoms with Gasteiger partial charge in [0.15, 0.2) is 0 Å². The summed E-state index contributed by atoms with van der Waals surface area (Å²) in [6.07, 6.45) is 8.25. The molecule has 0 aromatic rings. The van der Waals surface area contributed by atoms with Crippen molar-refractivity contribution in [1.82, 2.24) is 0 Å². The van der Waals surface area contributed by atoms with E-state index in [-0.39, 0.29) is 5.41 Å². The zero-order valence-corrected chi connectivity index (χ0v) is 11.5. The first-order chi connectivity index (χ1) is 7.33. The summed E-state index contributed by atoms with van der Waals surface area (Å²) in [6.45, 7) is 13.0. The summed E-state index contributed by atoms with van der Waals surface area (Å²) >= 11 is 0. The highest BCUT2D eigenvalue weighted by Crippen LogP contribution is 2.26. The topological polar surface area (TPSA) is 38.4 Å². The van der Waals surface area contributed by atoms with Gasteiger partial charge in [-0.25, -0.2) is 0 Å². The number of nitrogens with zero attached hydrogens (tertiary/aromatic N) is 1. The molecule has 0 spiro atoms. The third-order valence-corrected chi connectivity index (χ3v) is 3.32. The van der Waals surface area contributed by atoms with Crippen LogP contribution in [0, 0.1) is 17.3 Å². The molecule has 16 heavy (non-hydrogen) atoms. The van der Waals surface area contributed by atoms with Crippen LogP contribution in [0.25, 0.3) is 0 Å². The summed E-state index contributed by atoms with van der Waals surface area (Å²) in [5, 5.41) is 3.66. The van der Waals surface area contributed by atoms with E-state index in [4.69, 9.17) is 5.84 Å². The van der Waals surface area contributed by atoms with Crippen molar-refractivity contribution in [1.29, 1.82) is 0 Å². The Morgan fingerprint density at radius 3 is 2.19 bits per heavy atom. The third kappa shape index (κ3) is 4.65. The molecule has 0 saturated carbocycles. The van der Waals surface area contributed by atoms with Crippen LogP contribution in [-0.4, -0.2) is 6.21 Å². The van der Waals surface area contributed by atoms with Gasteiger partial charge < -0.3 is 5.84 Å². The molecule has 2 N–H and O–H groups in total. The van der Waals surface area contributed by atoms with Gasteiger partial charge in [-0.05, 0) is 18.8 Å². The monoisotopic (exact) mass is 222 g/mol. The standard InChI is InChI=1S/C14H26N2/c1-11(2)13(5)8-7-9-14(6,10-16-15)12(3)4/h7-12H,15H2,1-6H3/b9-7-,13-8+,16-10-. The van der Waals surface area contributed by atoms with Crippen LogP contribution in [0.15, 0.2) is 28.9 Å². The molecule has 0 heterocycles. The maximum absolute atomic E-state index is 5.25. The third-order valence-electron chi connectivity index (χ3n) is 3.32. The highest BCUT2D eigenvalue weighted by atomic mass is 15.1. The van der Waals surface area contributed by atoms with E-state index in [1.165, 1.54) is 5.57 Å². The van der Waals surface area contributed by atoms with Crippen LogP contribution in [-0.2, 0) is 0 Å². The van der Waals surface area contributed by atoms with Gasteiger partial charge in [0.2, 0.25) is 0 Å². The van der Waals surface area contributed by atoms with Crippen LogP contribution < -0.4 is 5.84 Å². The molecule has 92 valence electrons. The van der Waals surface area contributed by atoms with Crippen molar-refractivity contribution in [2.45, 2.75) is 41.5 Å². The molecule has 0 fully saturated rings. The van der Waals surface area contributed by atoms with Gasteiger partial charge in [0.1, 0.15) is 0 Å². The van der Waals surface area contributed by atoms with Crippen molar-refractivity contribution in [3.8, 4) is 0 Å². The second-order valence-corrected chi connectivity index (χ2v) is 5.22. The molecule has 0 amide bonds. The van der Waals surface area contributed by atoms with Gasteiger partial charge in [-0.1, -0.05) is 58.4 Å². The fourth-order valence-electron chi connectivity index (χ4n) is 1.14. The Hall–Kier alpha value is -1.05. The molecule has 0 aliphatic carbocycles. The van der Waals surface area contributed by atoms with E-state index < -0.39 is 0 Å². The van der Waals surface area contributed by atoms with Crippen molar-refractivity contribution >= 4 is 6.21 Å². The average molecular weight is 222 g/mol. The van der Waals surface area contributed by atoms with Gasteiger partial charge in [-0.15, -0.1) is 0 Å². The summed E-state index contributed by atoms with van der Waals surface area (Å²) in [4.78, 5) is 0. The summed E-state index contributed by atoms with van der Waals surface area (Å²) in [7, 11) is 0. The van der Waals surface area contributed by atoms with Gasteiger partial charge in [0.05, 0.1) is 0 Å². The highest BCUT2D eigenvalue weighted by Gasteiger charge is 2.22. The van der Waals surface area contributed by atoms with Gasteiger partial charge in [0.25, 0.3) is 0 Å². The molecule has 0 bridgehead atoms. The van der Waals surface area contributed by atoms with Crippen molar-refractivity contribution in [2.75, 3.05) is 0 Å². The minimum absolute atomic E-state index is 0.0670. The minimum Gasteiger partial charge on any atom is -0.324 e. The van der Waals surface area contributed by atoms with Crippen LogP contribution in [0.1, 0.15) is 41.5 Å². The van der Waals surface area contributed by atoms with Crippen molar-refractivity contribution in [2.24, 2.45) is 28.2 Å². The Kier molecular flexibility index (Phi) is 6.09. The number of hydrogen-bond acceptors (Lipinski definition) is 2. The van der Waals surface area contributed by atoms with Crippen LogP contribution in [0.3, 0.4) is 0 Å². The largest absolute Gasteiger partial charge is 0.324 e. The number of allylic oxidation sites excluding steroid dienone is 4. The maximum Gasteiger partial charge on any atom is 0.0339 e. The lowest BCUT2D eigenvalue weighted by molar-refractivity contribution is 0.423. The van der Waals surface area contributed by atoms with Gasteiger partial charge in [-0.2, -0.15) is 5.10 Å². The van der Waals surface area contributed by atoms with Crippen LogP contribution in [0.4, 0.5) is 0 Å². The van der Waals surface area contributed by atoms with Gasteiger partial charge in [-0.3, -0.25) is 0 Å². The lowest BCUT2D eigenvalue weighted by Gasteiger charge is -2.25. The number of nitrogens with two attached hydrogens (primary N) is 1. The molecule has 0 aliphatic heterocycles. The predicted octanol–water partition coefficient (Wildman–Crippen LogP) is 3.75. The number of hydrogen-bond donors (Lipinski definition) is 1. The first-order valence-corrected chi connectivity index (χ1v) is 5.94. The Morgan fingerprint density at radius 2 is 1.81 bits per heavy atom.